The van der Waals surface area contributed by atoms with Gasteiger partial charge < -0.3 is 10.2 Å². The number of rotatable bonds is 2. The minimum atomic E-state index is 0.722. The van der Waals surface area contributed by atoms with Gasteiger partial charge in [-0.05, 0) is 39.3 Å². The Bertz CT molecular complexity index is 211. The maximum absolute atomic E-state index is 3.53. The summed E-state index contributed by atoms with van der Waals surface area (Å²) < 4.78 is 0. The van der Waals surface area contributed by atoms with E-state index in [0.29, 0.717) is 0 Å². The van der Waals surface area contributed by atoms with Crippen LogP contribution in [0.1, 0.15) is 26.2 Å². The quantitative estimate of drug-likeness (QED) is 0.757. The minimum Gasteiger partial charge on any atom is -0.315 e. The fourth-order valence-corrected chi connectivity index (χ4v) is 3.24. The van der Waals surface area contributed by atoms with Gasteiger partial charge in [0, 0.05) is 38.3 Å². The van der Waals surface area contributed by atoms with E-state index in [-0.39, 0.29) is 0 Å². The molecule has 1 saturated carbocycles. The third-order valence-corrected chi connectivity index (χ3v) is 4.46. The molecule has 0 aromatic rings. The molecule has 0 spiro atoms. The maximum atomic E-state index is 3.53. The lowest BCUT2D eigenvalue weighted by Gasteiger charge is -2.45. The Morgan fingerprint density at radius 2 is 1.75 bits per heavy atom. The van der Waals surface area contributed by atoms with Crippen LogP contribution in [-0.4, -0.2) is 62.2 Å². The van der Waals surface area contributed by atoms with E-state index in [1.54, 1.807) is 0 Å². The average Bonchev–Trinajstić information content (AvgIpc) is 2.30. The summed E-state index contributed by atoms with van der Waals surface area (Å²) in [4.78, 5) is 5.16. The van der Waals surface area contributed by atoms with Gasteiger partial charge in [-0.1, -0.05) is 6.92 Å². The van der Waals surface area contributed by atoms with Crippen LogP contribution in [0.5, 0.6) is 0 Å². The molecule has 16 heavy (non-hydrogen) atoms. The van der Waals surface area contributed by atoms with Crippen molar-refractivity contribution < 1.29 is 0 Å². The van der Waals surface area contributed by atoms with Gasteiger partial charge in [-0.3, -0.25) is 4.90 Å². The first kappa shape index (κ1) is 12.3. The molecule has 3 atom stereocenters. The van der Waals surface area contributed by atoms with Gasteiger partial charge in [0.05, 0.1) is 0 Å². The van der Waals surface area contributed by atoms with Crippen molar-refractivity contribution in [3.63, 3.8) is 0 Å². The van der Waals surface area contributed by atoms with Crippen LogP contribution in [0.25, 0.3) is 0 Å². The third-order valence-electron chi connectivity index (χ3n) is 4.46. The summed E-state index contributed by atoms with van der Waals surface area (Å²) in [5.41, 5.74) is 0. The maximum Gasteiger partial charge on any atom is 0.0252 e. The van der Waals surface area contributed by atoms with Crippen molar-refractivity contribution in [2.45, 2.75) is 38.3 Å². The molecule has 2 fully saturated rings. The fourth-order valence-electron chi connectivity index (χ4n) is 3.24. The molecule has 0 bridgehead atoms. The molecule has 0 aromatic heterocycles. The first-order chi connectivity index (χ1) is 7.70. The Labute approximate surface area is 100 Å². The van der Waals surface area contributed by atoms with Crippen molar-refractivity contribution in [1.29, 1.82) is 0 Å². The molecule has 94 valence electrons. The molecule has 3 unspecified atom stereocenters. The average molecular weight is 225 g/mol. The lowest BCUT2D eigenvalue weighted by molar-refractivity contribution is 0.0604. The summed E-state index contributed by atoms with van der Waals surface area (Å²) in [7, 11) is 4.36. The molecule has 0 aromatic carbocycles. The van der Waals surface area contributed by atoms with Crippen molar-refractivity contribution in [3.8, 4) is 0 Å². The summed E-state index contributed by atoms with van der Waals surface area (Å²) in [5, 5.41) is 3.53. The topological polar surface area (TPSA) is 18.5 Å². The number of nitrogens with zero attached hydrogens (tertiary/aromatic N) is 2. The summed E-state index contributed by atoms with van der Waals surface area (Å²) in [5.74, 6) is 0.911. The number of nitrogens with one attached hydrogen (secondary N) is 1. The molecule has 1 aliphatic carbocycles. The zero-order valence-electron chi connectivity index (χ0n) is 11.1. The van der Waals surface area contributed by atoms with Crippen LogP contribution in [-0.2, 0) is 0 Å². The van der Waals surface area contributed by atoms with Gasteiger partial charge in [-0.15, -0.1) is 0 Å². The number of hydrogen-bond acceptors (Lipinski definition) is 3. The SMILES string of the molecule is CNC1CCC(C)CC1N1CCN(C)CC1. The molecule has 1 saturated heterocycles. The summed E-state index contributed by atoms with van der Waals surface area (Å²) >= 11 is 0. The van der Waals surface area contributed by atoms with Crippen LogP contribution in [0.2, 0.25) is 0 Å². The first-order valence-electron chi connectivity index (χ1n) is 6.80. The largest absolute Gasteiger partial charge is 0.315 e. The summed E-state index contributed by atoms with van der Waals surface area (Å²) in [6, 6.07) is 1.50. The summed E-state index contributed by atoms with van der Waals surface area (Å²) in [6.07, 6.45) is 4.14. The van der Waals surface area contributed by atoms with E-state index in [1.165, 1.54) is 45.4 Å². The molecule has 1 heterocycles. The number of likely N-dealkylation sites (N-methyl/N-ethyl adjacent to an activating group) is 2. The lowest BCUT2D eigenvalue weighted by Crippen LogP contribution is -2.57. The van der Waals surface area contributed by atoms with E-state index in [4.69, 9.17) is 0 Å². The van der Waals surface area contributed by atoms with Crippen molar-refractivity contribution in [1.82, 2.24) is 15.1 Å². The monoisotopic (exact) mass is 225 g/mol. The van der Waals surface area contributed by atoms with Crippen LogP contribution < -0.4 is 5.32 Å². The normalized spacial score (nSPS) is 38.8. The van der Waals surface area contributed by atoms with Crippen molar-refractivity contribution >= 4 is 0 Å². The molecule has 3 nitrogen and oxygen atoms in total. The Balaban J connectivity index is 1.94. The van der Waals surface area contributed by atoms with Gasteiger partial charge >= 0.3 is 0 Å². The van der Waals surface area contributed by atoms with Crippen LogP contribution in [0.3, 0.4) is 0 Å². The second kappa shape index (κ2) is 5.48. The van der Waals surface area contributed by atoms with E-state index in [0.717, 1.165) is 18.0 Å². The van der Waals surface area contributed by atoms with E-state index < -0.39 is 0 Å². The second-order valence-electron chi connectivity index (χ2n) is 5.72. The van der Waals surface area contributed by atoms with Crippen molar-refractivity contribution in [3.05, 3.63) is 0 Å². The van der Waals surface area contributed by atoms with Crippen molar-refractivity contribution in [2.75, 3.05) is 40.3 Å². The Kier molecular flexibility index (Phi) is 4.22. The third kappa shape index (κ3) is 2.76. The first-order valence-corrected chi connectivity index (χ1v) is 6.80. The Morgan fingerprint density at radius 1 is 1.06 bits per heavy atom. The van der Waals surface area contributed by atoms with Gasteiger partial charge in [0.15, 0.2) is 0 Å². The number of piperazine rings is 1. The molecule has 1 N–H and O–H groups in total. The highest BCUT2D eigenvalue weighted by atomic mass is 15.3. The highest BCUT2D eigenvalue weighted by molar-refractivity contribution is 4.91. The minimum absolute atomic E-state index is 0.722. The van der Waals surface area contributed by atoms with Crippen molar-refractivity contribution in [2.24, 2.45) is 5.92 Å². The molecular formula is C13H27N3. The van der Waals surface area contributed by atoms with Crippen LogP contribution in [0, 0.1) is 5.92 Å². The van der Waals surface area contributed by atoms with Crippen LogP contribution in [0.4, 0.5) is 0 Å². The molecule has 0 radical (unpaired) electrons. The van der Waals surface area contributed by atoms with Gasteiger partial charge in [0.1, 0.15) is 0 Å². The van der Waals surface area contributed by atoms with Gasteiger partial charge in [-0.2, -0.15) is 0 Å². The lowest BCUT2D eigenvalue weighted by atomic mass is 9.82. The van der Waals surface area contributed by atoms with Crippen LogP contribution in [0.15, 0.2) is 0 Å². The zero-order valence-corrected chi connectivity index (χ0v) is 11.1. The fraction of sp³-hybridized carbons (Fsp3) is 1.00. The predicted octanol–water partition coefficient (Wildman–Crippen LogP) is 1.01. The molecule has 1 aliphatic heterocycles. The van der Waals surface area contributed by atoms with Gasteiger partial charge in [-0.25, -0.2) is 0 Å². The highest BCUT2D eigenvalue weighted by Gasteiger charge is 2.32. The van der Waals surface area contributed by atoms with E-state index in [9.17, 15) is 0 Å². The molecule has 3 heteroatoms. The summed E-state index contributed by atoms with van der Waals surface area (Å²) in [6.45, 7) is 7.40. The predicted molar refractivity (Wildman–Crippen MR) is 68.7 cm³/mol. The zero-order chi connectivity index (χ0) is 11.5. The Hall–Kier alpha value is -0.120. The highest BCUT2D eigenvalue weighted by Crippen LogP contribution is 2.28. The smallest absolute Gasteiger partial charge is 0.0252 e. The van der Waals surface area contributed by atoms with Gasteiger partial charge in [0.25, 0.3) is 0 Å². The second-order valence-corrected chi connectivity index (χ2v) is 5.72. The Morgan fingerprint density at radius 3 is 2.38 bits per heavy atom. The molecular weight excluding hydrogens is 198 g/mol. The van der Waals surface area contributed by atoms with E-state index in [1.807, 2.05) is 0 Å². The van der Waals surface area contributed by atoms with E-state index >= 15 is 0 Å². The number of hydrogen-bond donors (Lipinski definition) is 1. The molecule has 2 aliphatic rings. The van der Waals surface area contributed by atoms with E-state index in [2.05, 4.69) is 36.1 Å². The molecule has 2 rings (SSSR count). The van der Waals surface area contributed by atoms with Gasteiger partial charge in [0.2, 0.25) is 0 Å². The van der Waals surface area contributed by atoms with Crippen LogP contribution >= 0.6 is 0 Å². The standard InChI is InChI=1S/C13H27N3/c1-11-4-5-12(14-2)13(10-11)16-8-6-15(3)7-9-16/h11-14H,4-10H2,1-3H3. The molecule has 0 amide bonds.